The first-order chi connectivity index (χ1) is 10.2. The van der Waals surface area contributed by atoms with Gasteiger partial charge in [0, 0.05) is 12.8 Å². The van der Waals surface area contributed by atoms with Crippen molar-refractivity contribution in [3.05, 3.63) is 48.3 Å². The van der Waals surface area contributed by atoms with E-state index in [4.69, 9.17) is 8.83 Å². The van der Waals surface area contributed by atoms with Crippen LogP contribution in [0.1, 0.15) is 36.2 Å². The minimum atomic E-state index is -1.37. The summed E-state index contributed by atoms with van der Waals surface area (Å²) in [4.78, 5) is 12.1. The Bertz CT molecular complexity index is 654. The molecule has 5 heteroatoms. The van der Waals surface area contributed by atoms with E-state index in [-0.39, 0.29) is 18.6 Å². The van der Waals surface area contributed by atoms with Gasteiger partial charge in [0.2, 0.25) is 0 Å². The van der Waals surface area contributed by atoms with Gasteiger partial charge in [-0.05, 0) is 24.3 Å². The zero-order chi connectivity index (χ0) is 14.9. The highest BCUT2D eigenvalue weighted by Crippen LogP contribution is 2.53. The smallest absolute Gasteiger partial charge is 0.164 e. The standard InChI is InChI=1S/C16H12N2O3/c17-9-16(10-18)12(14-3-1-5-20-14)7-11(19)8-13(16)15-4-2-6-21-15/h1-6,12-13H,7-8H2/t12-,13-/m0/s1. The zero-order valence-corrected chi connectivity index (χ0v) is 11.2. The van der Waals surface area contributed by atoms with Crippen LogP contribution in [0.15, 0.2) is 45.6 Å². The van der Waals surface area contributed by atoms with Gasteiger partial charge in [-0.2, -0.15) is 10.5 Å². The molecule has 2 atom stereocenters. The van der Waals surface area contributed by atoms with Crippen LogP contribution in [0.5, 0.6) is 0 Å². The summed E-state index contributed by atoms with van der Waals surface area (Å²) in [7, 11) is 0. The fourth-order valence-corrected chi connectivity index (χ4v) is 3.07. The maximum Gasteiger partial charge on any atom is 0.164 e. The molecular formula is C16H12N2O3. The van der Waals surface area contributed by atoms with Crippen molar-refractivity contribution >= 4 is 5.78 Å². The first kappa shape index (κ1) is 13.2. The van der Waals surface area contributed by atoms with Crippen LogP contribution in [0.25, 0.3) is 0 Å². The third kappa shape index (κ3) is 1.95. The van der Waals surface area contributed by atoms with Crippen molar-refractivity contribution in [2.75, 3.05) is 0 Å². The van der Waals surface area contributed by atoms with Crippen molar-refractivity contribution in [2.45, 2.75) is 24.7 Å². The number of furan rings is 2. The Morgan fingerprint density at radius 3 is 1.81 bits per heavy atom. The van der Waals surface area contributed by atoms with Crippen molar-refractivity contribution < 1.29 is 13.6 Å². The lowest BCUT2D eigenvalue weighted by molar-refractivity contribution is -0.123. The van der Waals surface area contributed by atoms with Crippen molar-refractivity contribution in [1.29, 1.82) is 10.5 Å². The molecule has 1 aliphatic carbocycles. The summed E-state index contributed by atoms with van der Waals surface area (Å²) in [6.07, 6.45) is 3.23. The predicted molar refractivity (Wildman–Crippen MR) is 70.8 cm³/mol. The monoisotopic (exact) mass is 280 g/mol. The average Bonchev–Trinajstić information content (AvgIpc) is 3.20. The Morgan fingerprint density at radius 2 is 1.48 bits per heavy atom. The number of ketones is 1. The topological polar surface area (TPSA) is 90.9 Å². The second-order valence-electron chi connectivity index (χ2n) is 5.18. The molecule has 1 saturated carbocycles. The summed E-state index contributed by atoms with van der Waals surface area (Å²) in [5.74, 6) is -0.193. The van der Waals surface area contributed by atoms with Crippen LogP contribution in [0.2, 0.25) is 0 Å². The van der Waals surface area contributed by atoms with Gasteiger partial charge in [0.15, 0.2) is 5.41 Å². The largest absolute Gasteiger partial charge is 0.469 e. The second-order valence-corrected chi connectivity index (χ2v) is 5.18. The SMILES string of the molecule is N#CC1(C#N)[C@H](c2ccco2)CC(=O)C[C@H]1c1ccco1. The minimum absolute atomic E-state index is 0.000995. The molecule has 1 aliphatic rings. The highest BCUT2D eigenvalue weighted by molar-refractivity contribution is 5.82. The Kier molecular flexibility index (Phi) is 3.12. The highest BCUT2D eigenvalue weighted by Gasteiger charge is 2.54. The molecule has 21 heavy (non-hydrogen) atoms. The molecule has 2 heterocycles. The maximum atomic E-state index is 12.1. The molecule has 104 valence electrons. The molecule has 0 saturated heterocycles. The normalized spacial score (nSPS) is 24.2. The summed E-state index contributed by atoms with van der Waals surface area (Å²) in [6.45, 7) is 0. The fraction of sp³-hybridized carbons (Fsp3) is 0.312. The van der Waals surface area contributed by atoms with E-state index < -0.39 is 17.3 Å². The number of hydrogen-bond acceptors (Lipinski definition) is 5. The van der Waals surface area contributed by atoms with Crippen LogP contribution in [-0.2, 0) is 4.79 Å². The van der Waals surface area contributed by atoms with Gasteiger partial charge in [-0.1, -0.05) is 0 Å². The molecule has 0 amide bonds. The van der Waals surface area contributed by atoms with Gasteiger partial charge in [-0.3, -0.25) is 4.79 Å². The second kappa shape index (κ2) is 4.96. The molecule has 5 nitrogen and oxygen atoms in total. The van der Waals surface area contributed by atoms with E-state index in [0.717, 1.165) is 0 Å². The Balaban J connectivity index is 2.14. The van der Waals surface area contributed by atoms with Gasteiger partial charge in [0.25, 0.3) is 0 Å². The zero-order valence-electron chi connectivity index (χ0n) is 11.2. The summed E-state index contributed by atoms with van der Waals surface area (Å²) in [6, 6.07) is 11.0. The van der Waals surface area contributed by atoms with E-state index in [1.54, 1.807) is 24.3 Å². The van der Waals surface area contributed by atoms with Gasteiger partial charge in [-0.25, -0.2) is 0 Å². The van der Waals surface area contributed by atoms with Crippen LogP contribution in [-0.4, -0.2) is 5.78 Å². The van der Waals surface area contributed by atoms with Crippen LogP contribution in [0, 0.1) is 28.1 Å². The Morgan fingerprint density at radius 1 is 1.00 bits per heavy atom. The van der Waals surface area contributed by atoms with Crippen molar-refractivity contribution in [2.24, 2.45) is 5.41 Å². The highest BCUT2D eigenvalue weighted by atomic mass is 16.3. The average molecular weight is 280 g/mol. The molecule has 0 unspecified atom stereocenters. The summed E-state index contributed by atoms with van der Waals surface area (Å²) in [5.41, 5.74) is -1.37. The van der Waals surface area contributed by atoms with Crippen LogP contribution in [0.4, 0.5) is 0 Å². The first-order valence-corrected chi connectivity index (χ1v) is 6.62. The van der Waals surface area contributed by atoms with E-state index >= 15 is 0 Å². The third-order valence-corrected chi connectivity index (χ3v) is 4.11. The number of nitrogens with zero attached hydrogens (tertiary/aromatic N) is 2. The Labute approximate surface area is 121 Å². The number of hydrogen-bond donors (Lipinski definition) is 0. The minimum Gasteiger partial charge on any atom is -0.469 e. The molecule has 0 aromatic carbocycles. The van der Waals surface area contributed by atoms with Crippen LogP contribution < -0.4 is 0 Å². The van der Waals surface area contributed by atoms with Crippen molar-refractivity contribution in [3.63, 3.8) is 0 Å². The maximum absolute atomic E-state index is 12.1. The lowest BCUT2D eigenvalue weighted by atomic mass is 9.59. The number of carbonyl (C=O) groups excluding carboxylic acids is 1. The molecule has 0 radical (unpaired) electrons. The van der Waals surface area contributed by atoms with E-state index in [2.05, 4.69) is 12.1 Å². The third-order valence-electron chi connectivity index (χ3n) is 4.11. The molecule has 0 N–H and O–H groups in total. The molecule has 3 rings (SSSR count). The summed E-state index contributed by atoms with van der Waals surface area (Å²) < 4.78 is 10.7. The molecule has 2 aromatic heterocycles. The van der Waals surface area contributed by atoms with Crippen molar-refractivity contribution in [1.82, 2.24) is 0 Å². The van der Waals surface area contributed by atoms with Gasteiger partial charge >= 0.3 is 0 Å². The molecule has 2 aromatic rings. The summed E-state index contributed by atoms with van der Waals surface area (Å²) in [5, 5.41) is 19.4. The molecule has 0 bridgehead atoms. The van der Waals surface area contributed by atoms with Crippen molar-refractivity contribution in [3.8, 4) is 12.1 Å². The number of nitriles is 2. The number of rotatable bonds is 2. The molecule has 0 spiro atoms. The Hall–Kier alpha value is -2.79. The number of Topliss-reactive ketones (excluding diaryl/α,β-unsaturated/α-hetero) is 1. The van der Waals surface area contributed by atoms with Gasteiger partial charge in [-0.15, -0.1) is 0 Å². The first-order valence-electron chi connectivity index (χ1n) is 6.62. The molecule has 0 aliphatic heterocycles. The lowest BCUT2D eigenvalue weighted by Gasteiger charge is -2.37. The van der Waals surface area contributed by atoms with Gasteiger partial charge in [0.05, 0.1) is 36.5 Å². The molecular weight excluding hydrogens is 268 g/mol. The van der Waals surface area contributed by atoms with E-state index in [0.29, 0.717) is 11.5 Å². The van der Waals surface area contributed by atoms with Gasteiger partial charge < -0.3 is 8.83 Å². The van der Waals surface area contributed by atoms with Gasteiger partial charge in [0.1, 0.15) is 17.3 Å². The molecule has 1 fully saturated rings. The predicted octanol–water partition coefficient (Wildman–Crippen LogP) is 3.14. The quantitative estimate of drug-likeness (QED) is 0.842. The summed E-state index contributed by atoms with van der Waals surface area (Å²) >= 11 is 0. The lowest BCUT2D eigenvalue weighted by Crippen LogP contribution is -2.39. The van der Waals surface area contributed by atoms with Crippen LogP contribution >= 0.6 is 0 Å². The van der Waals surface area contributed by atoms with E-state index in [1.165, 1.54) is 12.5 Å². The van der Waals surface area contributed by atoms with E-state index in [1.807, 2.05) is 0 Å². The van der Waals surface area contributed by atoms with E-state index in [9.17, 15) is 15.3 Å². The fourth-order valence-electron chi connectivity index (χ4n) is 3.07. The number of carbonyl (C=O) groups is 1. The van der Waals surface area contributed by atoms with Crippen LogP contribution in [0.3, 0.4) is 0 Å².